The van der Waals surface area contributed by atoms with Crippen molar-refractivity contribution in [2.75, 3.05) is 0 Å². The summed E-state index contributed by atoms with van der Waals surface area (Å²) >= 11 is 0. The van der Waals surface area contributed by atoms with Crippen molar-refractivity contribution in [1.82, 2.24) is 4.98 Å². The van der Waals surface area contributed by atoms with Crippen molar-refractivity contribution in [3.63, 3.8) is 0 Å². The Bertz CT molecular complexity index is 733. The van der Waals surface area contributed by atoms with E-state index < -0.39 is 11.8 Å². The monoisotopic (exact) mass is 385 g/mol. The lowest BCUT2D eigenvalue weighted by Gasteiger charge is -2.32. The Morgan fingerprint density at radius 2 is 1.68 bits per heavy atom. The van der Waals surface area contributed by atoms with Crippen molar-refractivity contribution < 1.29 is 8.78 Å². The third-order valence-electron chi connectivity index (χ3n) is 6.63. The molecular formula is C25H33F2N. The largest absolute Gasteiger partial charge is 0.248 e. The van der Waals surface area contributed by atoms with E-state index in [9.17, 15) is 8.78 Å². The number of rotatable bonds is 8. The Hall–Kier alpha value is -1.77. The molecule has 3 rings (SSSR count). The van der Waals surface area contributed by atoms with Gasteiger partial charge in [-0.25, -0.2) is 9.37 Å². The highest BCUT2D eigenvalue weighted by Gasteiger charge is 2.25. The van der Waals surface area contributed by atoms with Gasteiger partial charge in [-0.1, -0.05) is 83.1 Å². The zero-order chi connectivity index (χ0) is 19.9. The summed E-state index contributed by atoms with van der Waals surface area (Å²) in [6.07, 6.45) is 13.7. The number of hydrogen-bond donors (Lipinski definition) is 0. The second-order valence-corrected chi connectivity index (χ2v) is 8.54. The first-order valence-corrected chi connectivity index (χ1v) is 11.0. The number of pyridine rings is 1. The smallest absolute Gasteiger partial charge is 0.225 e. The molecule has 3 heteroatoms. The van der Waals surface area contributed by atoms with Gasteiger partial charge in [0.15, 0.2) is 5.82 Å². The summed E-state index contributed by atoms with van der Waals surface area (Å²) in [5.41, 5.74) is 2.82. The van der Waals surface area contributed by atoms with E-state index in [1.54, 1.807) is 0 Å². The number of benzene rings is 1. The predicted octanol–water partition coefficient (Wildman–Crippen LogP) is 7.91. The molecule has 0 bridgehead atoms. The number of nitrogens with zero attached hydrogens (tertiary/aromatic N) is 1. The number of hydrogen-bond acceptors (Lipinski definition) is 1. The minimum absolute atomic E-state index is 0.540. The third kappa shape index (κ3) is 5.40. The summed E-state index contributed by atoms with van der Waals surface area (Å²) in [4.78, 5) is 3.48. The highest BCUT2D eigenvalue weighted by Crippen LogP contribution is 2.40. The minimum Gasteiger partial charge on any atom is -0.225 e. The molecule has 2 aromatic rings. The Kier molecular flexibility index (Phi) is 7.58. The van der Waals surface area contributed by atoms with E-state index in [1.165, 1.54) is 75.6 Å². The van der Waals surface area contributed by atoms with Gasteiger partial charge in [0.05, 0.1) is 0 Å². The third-order valence-corrected chi connectivity index (χ3v) is 6.63. The van der Waals surface area contributed by atoms with Crippen molar-refractivity contribution in [2.24, 2.45) is 11.8 Å². The number of aromatic nitrogens is 1. The maximum absolute atomic E-state index is 13.4. The van der Waals surface area contributed by atoms with Gasteiger partial charge >= 0.3 is 0 Å². The van der Waals surface area contributed by atoms with Crippen LogP contribution in [0.1, 0.15) is 83.1 Å². The topological polar surface area (TPSA) is 12.9 Å². The summed E-state index contributed by atoms with van der Waals surface area (Å²) in [6, 6.07) is 9.48. The maximum atomic E-state index is 13.4. The summed E-state index contributed by atoms with van der Waals surface area (Å²) < 4.78 is 26.5. The van der Waals surface area contributed by atoms with E-state index in [0.29, 0.717) is 11.5 Å². The Morgan fingerprint density at radius 1 is 0.964 bits per heavy atom. The van der Waals surface area contributed by atoms with Gasteiger partial charge < -0.3 is 0 Å². The lowest BCUT2D eigenvalue weighted by Crippen LogP contribution is -2.19. The van der Waals surface area contributed by atoms with Crippen LogP contribution in [0.3, 0.4) is 0 Å². The molecule has 152 valence electrons. The van der Waals surface area contributed by atoms with Crippen LogP contribution < -0.4 is 0 Å². The van der Waals surface area contributed by atoms with Crippen LogP contribution in [-0.2, 0) is 0 Å². The number of halogens is 2. The molecule has 0 radical (unpaired) electrons. The average Bonchev–Trinajstić information content (AvgIpc) is 2.73. The first-order chi connectivity index (χ1) is 13.6. The van der Waals surface area contributed by atoms with Crippen LogP contribution >= 0.6 is 0 Å². The van der Waals surface area contributed by atoms with Crippen molar-refractivity contribution >= 4 is 0 Å². The summed E-state index contributed by atoms with van der Waals surface area (Å²) in [5, 5.41) is 0. The summed E-state index contributed by atoms with van der Waals surface area (Å²) in [6.45, 7) is 4.61. The molecule has 1 aliphatic rings. The fourth-order valence-corrected chi connectivity index (χ4v) is 4.67. The van der Waals surface area contributed by atoms with Gasteiger partial charge in [0.2, 0.25) is 5.95 Å². The van der Waals surface area contributed by atoms with Gasteiger partial charge in [-0.2, -0.15) is 4.39 Å². The van der Waals surface area contributed by atoms with Crippen molar-refractivity contribution in [3.05, 3.63) is 53.9 Å². The molecule has 1 saturated carbocycles. The van der Waals surface area contributed by atoms with E-state index in [-0.39, 0.29) is 0 Å². The van der Waals surface area contributed by atoms with Gasteiger partial charge in [0.1, 0.15) is 0 Å². The molecule has 0 spiro atoms. The van der Waals surface area contributed by atoms with E-state index in [2.05, 4.69) is 31.0 Å². The van der Waals surface area contributed by atoms with Gasteiger partial charge in [-0.3, -0.25) is 0 Å². The second kappa shape index (κ2) is 10.1. The fraction of sp³-hybridized carbons (Fsp3) is 0.560. The van der Waals surface area contributed by atoms with E-state index in [1.807, 2.05) is 12.1 Å². The van der Waals surface area contributed by atoms with Crippen LogP contribution in [0.2, 0.25) is 0 Å². The summed E-state index contributed by atoms with van der Waals surface area (Å²) in [5.74, 6) is 0.278. The van der Waals surface area contributed by atoms with Crippen LogP contribution in [0.4, 0.5) is 8.78 Å². The first kappa shape index (κ1) is 21.0. The normalized spacial score (nSPS) is 20.9. The zero-order valence-corrected chi connectivity index (χ0v) is 17.3. The van der Waals surface area contributed by atoms with E-state index >= 15 is 0 Å². The van der Waals surface area contributed by atoms with Gasteiger partial charge in [0, 0.05) is 11.8 Å². The first-order valence-electron chi connectivity index (χ1n) is 11.0. The van der Waals surface area contributed by atoms with Gasteiger partial charge in [-0.15, -0.1) is 0 Å². The van der Waals surface area contributed by atoms with Gasteiger partial charge in [-0.05, 0) is 47.8 Å². The Balaban J connectivity index is 1.53. The standard InChI is InChI=1S/C25H33F2N/c1-3-4-5-6-7-19-8-10-20(11-9-19)18(2)21-12-14-22(15-13-21)23-16-24(26)25(27)28-17-23/h12-20H,3-11H2,1-2H3. The molecule has 28 heavy (non-hydrogen) atoms. The molecule has 1 aromatic carbocycles. The molecular weight excluding hydrogens is 352 g/mol. The highest BCUT2D eigenvalue weighted by atomic mass is 19.2. The average molecular weight is 386 g/mol. The molecule has 1 aliphatic carbocycles. The maximum Gasteiger partial charge on any atom is 0.248 e. The molecule has 1 unspecified atom stereocenters. The van der Waals surface area contributed by atoms with Crippen LogP contribution in [-0.4, -0.2) is 4.98 Å². The van der Waals surface area contributed by atoms with Crippen LogP contribution in [0, 0.1) is 23.6 Å². The Morgan fingerprint density at radius 3 is 2.32 bits per heavy atom. The van der Waals surface area contributed by atoms with Crippen LogP contribution in [0.5, 0.6) is 0 Å². The lowest BCUT2D eigenvalue weighted by atomic mass is 9.73. The zero-order valence-electron chi connectivity index (χ0n) is 17.3. The lowest BCUT2D eigenvalue weighted by molar-refractivity contribution is 0.236. The summed E-state index contributed by atoms with van der Waals surface area (Å²) in [7, 11) is 0. The molecule has 1 fully saturated rings. The molecule has 1 nitrogen and oxygen atoms in total. The van der Waals surface area contributed by atoms with Crippen molar-refractivity contribution in [2.45, 2.75) is 77.6 Å². The van der Waals surface area contributed by atoms with Gasteiger partial charge in [0.25, 0.3) is 0 Å². The van der Waals surface area contributed by atoms with Crippen molar-refractivity contribution in [1.29, 1.82) is 0 Å². The molecule has 1 heterocycles. The molecule has 1 atom stereocenters. The fourth-order valence-electron chi connectivity index (χ4n) is 4.67. The molecule has 0 aliphatic heterocycles. The molecule has 0 N–H and O–H groups in total. The quantitative estimate of drug-likeness (QED) is 0.332. The van der Waals surface area contributed by atoms with Crippen molar-refractivity contribution in [3.8, 4) is 11.1 Å². The van der Waals surface area contributed by atoms with E-state index in [4.69, 9.17) is 0 Å². The van der Waals surface area contributed by atoms with E-state index in [0.717, 1.165) is 17.4 Å². The second-order valence-electron chi connectivity index (χ2n) is 8.54. The Labute approximate surface area is 168 Å². The number of unbranched alkanes of at least 4 members (excludes halogenated alkanes) is 3. The molecule has 0 saturated heterocycles. The van der Waals surface area contributed by atoms with Crippen LogP contribution in [0.25, 0.3) is 11.1 Å². The minimum atomic E-state index is -1.05. The SMILES string of the molecule is CCCCCCC1CCC(C(C)c2ccc(-c3cnc(F)c(F)c3)cc2)CC1. The van der Waals surface area contributed by atoms with Crippen LogP contribution in [0.15, 0.2) is 36.5 Å². The molecule has 1 aromatic heterocycles. The highest BCUT2D eigenvalue weighted by molar-refractivity contribution is 5.62. The molecule has 0 amide bonds. The predicted molar refractivity (Wildman–Crippen MR) is 112 cm³/mol.